The van der Waals surface area contributed by atoms with Crippen molar-refractivity contribution >= 4 is 35.1 Å². The van der Waals surface area contributed by atoms with Crippen LogP contribution in [0.1, 0.15) is 11.4 Å². The molecule has 25 heavy (non-hydrogen) atoms. The summed E-state index contributed by atoms with van der Waals surface area (Å²) in [6, 6.07) is 17.3. The minimum Gasteiger partial charge on any atom is -0.275 e. The third-order valence-electron chi connectivity index (χ3n) is 3.84. The first-order chi connectivity index (χ1) is 12.1. The molecule has 0 aliphatic carbocycles. The Morgan fingerprint density at radius 3 is 2.00 bits per heavy atom. The van der Waals surface area contributed by atoms with Crippen molar-refractivity contribution in [2.75, 3.05) is 10.2 Å². The van der Waals surface area contributed by atoms with Gasteiger partial charge in [-0.05, 0) is 44.2 Å². The maximum Gasteiger partial charge on any atom is 0.333 e. The van der Waals surface area contributed by atoms with E-state index in [1.165, 1.54) is 0 Å². The van der Waals surface area contributed by atoms with Crippen molar-refractivity contribution in [3.05, 3.63) is 66.0 Å². The quantitative estimate of drug-likeness (QED) is 0.677. The third kappa shape index (κ3) is 2.96. The highest BCUT2D eigenvalue weighted by atomic mass is 32.2. The highest BCUT2D eigenvalue weighted by Crippen LogP contribution is 2.47. The molecule has 4 rings (SSSR count). The van der Waals surface area contributed by atoms with Gasteiger partial charge < -0.3 is 0 Å². The van der Waals surface area contributed by atoms with Gasteiger partial charge in [0.1, 0.15) is 0 Å². The van der Waals surface area contributed by atoms with Gasteiger partial charge in [0.2, 0.25) is 5.95 Å². The van der Waals surface area contributed by atoms with E-state index in [-0.39, 0.29) is 6.03 Å². The molecule has 1 N–H and O–H groups in total. The van der Waals surface area contributed by atoms with Crippen molar-refractivity contribution in [1.29, 1.82) is 0 Å². The van der Waals surface area contributed by atoms with Crippen LogP contribution < -0.4 is 10.2 Å². The Morgan fingerprint density at radius 1 is 0.920 bits per heavy atom. The fraction of sp³-hybridized carbons (Fsp3) is 0.105. The summed E-state index contributed by atoms with van der Waals surface area (Å²) < 4.78 is 0. The second-order valence-corrected chi connectivity index (χ2v) is 6.86. The van der Waals surface area contributed by atoms with Gasteiger partial charge in [0.05, 0.1) is 11.4 Å². The van der Waals surface area contributed by atoms with Crippen LogP contribution in [0.5, 0.6) is 0 Å². The molecular formula is C19H16N4OS. The molecule has 2 heterocycles. The number of amides is 2. The number of hydrogen-bond donors (Lipinski definition) is 1. The Kier molecular flexibility index (Phi) is 3.89. The number of nitrogens with zero attached hydrogens (tertiary/aromatic N) is 3. The third-order valence-corrected chi connectivity index (χ3v) is 4.97. The number of rotatable bonds is 1. The summed E-state index contributed by atoms with van der Waals surface area (Å²) in [6.07, 6.45) is 0. The molecule has 0 saturated heterocycles. The normalized spacial score (nSPS) is 12.3. The maximum absolute atomic E-state index is 13.0. The summed E-state index contributed by atoms with van der Waals surface area (Å²) >= 11 is 1.66. The SMILES string of the molecule is Cc1cc(C)nc(NC(=O)N2c3ccccc3Sc3ccccc32)n1. The summed E-state index contributed by atoms with van der Waals surface area (Å²) in [5.74, 6) is 0.315. The Bertz CT molecular complexity index is 907. The van der Waals surface area contributed by atoms with Gasteiger partial charge in [0, 0.05) is 21.2 Å². The van der Waals surface area contributed by atoms with Crippen molar-refractivity contribution in [3.63, 3.8) is 0 Å². The Labute approximate surface area is 150 Å². The fourth-order valence-corrected chi connectivity index (χ4v) is 3.91. The van der Waals surface area contributed by atoms with Gasteiger partial charge >= 0.3 is 6.03 Å². The first-order valence-electron chi connectivity index (χ1n) is 7.91. The predicted molar refractivity (Wildman–Crippen MR) is 99.7 cm³/mol. The monoisotopic (exact) mass is 348 g/mol. The van der Waals surface area contributed by atoms with Crippen LogP contribution in [0.4, 0.5) is 22.1 Å². The van der Waals surface area contributed by atoms with Crippen molar-refractivity contribution in [2.24, 2.45) is 0 Å². The molecular weight excluding hydrogens is 332 g/mol. The number of hydrogen-bond acceptors (Lipinski definition) is 4. The van der Waals surface area contributed by atoms with Crippen molar-refractivity contribution in [3.8, 4) is 0 Å². The molecule has 0 unspecified atom stereocenters. The van der Waals surface area contributed by atoms with E-state index in [2.05, 4.69) is 15.3 Å². The number of para-hydroxylation sites is 2. The highest BCUT2D eigenvalue weighted by molar-refractivity contribution is 7.99. The lowest BCUT2D eigenvalue weighted by Gasteiger charge is -2.30. The van der Waals surface area contributed by atoms with Crippen molar-refractivity contribution < 1.29 is 4.79 Å². The molecule has 1 aliphatic heterocycles. The molecule has 0 atom stereocenters. The Hall–Kier alpha value is -2.86. The highest BCUT2D eigenvalue weighted by Gasteiger charge is 2.28. The van der Waals surface area contributed by atoms with E-state index in [9.17, 15) is 4.79 Å². The van der Waals surface area contributed by atoms with Gasteiger partial charge in [-0.15, -0.1) is 0 Å². The molecule has 0 spiro atoms. The zero-order valence-electron chi connectivity index (χ0n) is 13.9. The lowest BCUT2D eigenvalue weighted by molar-refractivity contribution is 0.258. The molecule has 3 aromatic rings. The van der Waals surface area contributed by atoms with Gasteiger partial charge in [-0.3, -0.25) is 10.2 Å². The number of fused-ring (bicyclic) bond motifs is 2. The minimum absolute atomic E-state index is 0.273. The summed E-state index contributed by atoms with van der Waals surface area (Å²) in [4.78, 5) is 25.4. The van der Waals surface area contributed by atoms with Crippen LogP contribution in [0.15, 0.2) is 64.4 Å². The average Bonchev–Trinajstić information content (AvgIpc) is 2.58. The lowest BCUT2D eigenvalue weighted by atomic mass is 10.2. The zero-order valence-corrected chi connectivity index (χ0v) is 14.7. The number of aromatic nitrogens is 2. The largest absolute Gasteiger partial charge is 0.333 e. The van der Waals surface area contributed by atoms with E-state index in [1.807, 2.05) is 68.4 Å². The summed E-state index contributed by atoms with van der Waals surface area (Å²) in [6.45, 7) is 3.76. The van der Waals surface area contributed by atoms with Crippen LogP contribution in [-0.4, -0.2) is 16.0 Å². The molecule has 2 aromatic carbocycles. The number of urea groups is 1. The molecule has 1 aliphatic rings. The number of anilines is 3. The van der Waals surface area contributed by atoms with Crippen molar-refractivity contribution in [1.82, 2.24) is 9.97 Å². The standard InChI is InChI=1S/C19H16N4OS/c1-12-11-13(2)21-18(20-12)22-19(24)23-14-7-3-5-9-16(14)25-17-10-6-4-8-15(17)23/h3-11H,1-2H3,(H,20,21,22,24). The molecule has 0 bridgehead atoms. The van der Waals surface area contributed by atoms with Crippen LogP contribution in [0, 0.1) is 13.8 Å². The Morgan fingerprint density at radius 2 is 1.44 bits per heavy atom. The van der Waals surface area contributed by atoms with E-state index < -0.39 is 0 Å². The van der Waals surface area contributed by atoms with E-state index in [0.717, 1.165) is 32.6 Å². The van der Waals surface area contributed by atoms with E-state index >= 15 is 0 Å². The summed E-state index contributed by atoms with van der Waals surface area (Å²) in [5, 5.41) is 2.83. The van der Waals surface area contributed by atoms with Gasteiger partial charge in [-0.2, -0.15) is 0 Å². The minimum atomic E-state index is -0.273. The van der Waals surface area contributed by atoms with E-state index in [4.69, 9.17) is 0 Å². The van der Waals surface area contributed by atoms with Gasteiger partial charge in [-0.1, -0.05) is 36.0 Å². The number of benzene rings is 2. The topological polar surface area (TPSA) is 58.1 Å². The average molecular weight is 348 g/mol. The second kappa shape index (κ2) is 6.22. The number of carbonyl (C=O) groups is 1. The number of carbonyl (C=O) groups excluding carboxylic acids is 1. The molecule has 0 fully saturated rings. The summed E-state index contributed by atoms with van der Waals surface area (Å²) in [5.41, 5.74) is 3.34. The van der Waals surface area contributed by atoms with E-state index in [0.29, 0.717) is 5.95 Å². The Balaban J connectivity index is 1.75. The smallest absolute Gasteiger partial charge is 0.275 e. The molecule has 5 nitrogen and oxygen atoms in total. The zero-order chi connectivity index (χ0) is 17.4. The molecule has 1 aromatic heterocycles. The predicted octanol–water partition coefficient (Wildman–Crippen LogP) is 4.93. The first-order valence-corrected chi connectivity index (χ1v) is 8.73. The van der Waals surface area contributed by atoms with Crippen LogP contribution in [0.2, 0.25) is 0 Å². The van der Waals surface area contributed by atoms with Crippen LogP contribution >= 0.6 is 11.8 Å². The summed E-state index contributed by atoms with van der Waals surface area (Å²) in [7, 11) is 0. The van der Waals surface area contributed by atoms with Crippen LogP contribution in [-0.2, 0) is 0 Å². The number of nitrogens with one attached hydrogen (secondary N) is 1. The van der Waals surface area contributed by atoms with E-state index in [1.54, 1.807) is 16.7 Å². The molecule has 124 valence electrons. The molecule has 2 amide bonds. The fourth-order valence-electron chi connectivity index (χ4n) is 2.86. The molecule has 0 saturated carbocycles. The molecule has 6 heteroatoms. The van der Waals surface area contributed by atoms with Crippen molar-refractivity contribution in [2.45, 2.75) is 23.6 Å². The van der Waals surface area contributed by atoms with Gasteiger partial charge in [0.25, 0.3) is 0 Å². The first kappa shape index (κ1) is 15.7. The maximum atomic E-state index is 13.0. The van der Waals surface area contributed by atoms with Gasteiger partial charge in [0.15, 0.2) is 0 Å². The van der Waals surface area contributed by atoms with Crippen LogP contribution in [0.3, 0.4) is 0 Å². The molecule has 0 radical (unpaired) electrons. The van der Waals surface area contributed by atoms with Crippen LogP contribution in [0.25, 0.3) is 0 Å². The number of aryl methyl sites for hydroxylation is 2. The van der Waals surface area contributed by atoms with Gasteiger partial charge in [-0.25, -0.2) is 14.8 Å². The lowest BCUT2D eigenvalue weighted by Crippen LogP contribution is -2.33. The second-order valence-electron chi connectivity index (χ2n) is 5.78.